The minimum absolute atomic E-state index is 0.154. The molecule has 6 heteroatoms. The van der Waals surface area contributed by atoms with Gasteiger partial charge in [0.1, 0.15) is 5.82 Å². The highest BCUT2D eigenvalue weighted by molar-refractivity contribution is 9.10. The predicted molar refractivity (Wildman–Crippen MR) is 65.8 cm³/mol. The monoisotopic (exact) mass is 317 g/mol. The molecule has 0 aliphatic carbocycles. The normalized spacial score (nSPS) is 10.6. The van der Waals surface area contributed by atoms with E-state index >= 15 is 0 Å². The maximum Gasteiger partial charge on any atom is 0.340 e. The first-order valence-electron chi connectivity index (χ1n) is 4.56. The third-order valence-corrected chi connectivity index (χ3v) is 3.39. The van der Waals surface area contributed by atoms with Gasteiger partial charge in [-0.1, -0.05) is 11.6 Å². The standard InChI is InChI=1S/C11H6BrClFNO2/c1-17-11(16)5-4-15-10-6(13)2-3-7(14)8(10)9(5)12/h2-4H,1H3. The summed E-state index contributed by atoms with van der Waals surface area (Å²) < 4.78 is 18.6. The summed E-state index contributed by atoms with van der Waals surface area (Å²) in [6, 6.07) is 2.63. The molecule has 0 atom stereocenters. The van der Waals surface area contributed by atoms with E-state index in [0.717, 1.165) is 0 Å². The summed E-state index contributed by atoms with van der Waals surface area (Å²) in [4.78, 5) is 15.4. The molecular formula is C11H6BrClFNO2. The van der Waals surface area contributed by atoms with Gasteiger partial charge in [0, 0.05) is 10.7 Å². The molecule has 17 heavy (non-hydrogen) atoms. The molecule has 1 aromatic heterocycles. The van der Waals surface area contributed by atoms with Crippen LogP contribution in [0.2, 0.25) is 5.02 Å². The van der Waals surface area contributed by atoms with Gasteiger partial charge in [0.05, 0.1) is 28.6 Å². The molecule has 0 amide bonds. The van der Waals surface area contributed by atoms with E-state index in [0.29, 0.717) is 10.5 Å². The van der Waals surface area contributed by atoms with Gasteiger partial charge < -0.3 is 4.74 Å². The van der Waals surface area contributed by atoms with E-state index in [9.17, 15) is 9.18 Å². The smallest absolute Gasteiger partial charge is 0.340 e. The Hall–Kier alpha value is -1.20. The minimum atomic E-state index is -0.592. The van der Waals surface area contributed by atoms with E-state index < -0.39 is 11.8 Å². The van der Waals surface area contributed by atoms with Crippen molar-refractivity contribution in [3.8, 4) is 0 Å². The van der Waals surface area contributed by atoms with Crippen LogP contribution in [0.1, 0.15) is 10.4 Å². The molecule has 2 aromatic rings. The summed E-state index contributed by atoms with van der Waals surface area (Å²) in [5.74, 6) is -1.10. The molecule has 0 bridgehead atoms. The number of nitrogens with zero attached hydrogens (tertiary/aromatic N) is 1. The number of halogens is 3. The molecule has 0 fully saturated rings. The van der Waals surface area contributed by atoms with Crippen molar-refractivity contribution in [3.05, 3.63) is 39.2 Å². The Morgan fingerprint density at radius 1 is 1.53 bits per heavy atom. The number of fused-ring (bicyclic) bond motifs is 1. The zero-order valence-electron chi connectivity index (χ0n) is 8.63. The number of esters is 1. The second-order valence-electron chi connectivity index (χ2n) is 3.23. The van der Waals surface area contributed by atoms with E-state index in [1.807, 2.05) is 0 Å². The van der Waals surface area contributed by atoms with Gasteiger partial charge in [0.2, 0.25) is 0 Å². The van der Waals surface area contributed by atoms with E-state index in [1.165, 1.54) is 25.4 Å². The van der Waals surface area contributed by atoms with E-state index in [2.05, 4.69) is 25.7 Å². The quantitative estimate of drug-likeness (QED) is 0.755. The fraction of sp³-hybridized carbons (Fsp3) is 0.0909. The molecule has 3 nitrogen and oxygen atoms in total. The van der Waals surface area contributed by atoms with Crippen LogP contribution in [0.5, 0.6) is 0 Å². The molecule has 0 aliphatic heterocycles. The zero-order chi connectivity index (χ0) is 12.6. The van der Waals surface area contributed by atoms with Gasteiger partial charge in [-0.15, -0.1) is 0 Å². The second kappa shape index (κ2) is 4.58. The van der Waals surface area contributed by atoms with Crippen molar-refractivity contribution in [3.63, 3.8) is 0 Å². The van der Waals surface area contributed by atoms with Crippen molar-refractivity contribution >= 4 is 44.4 Å². The van der Waals surface area contributed by atoms with Gasteiger partial charge >= 0.3 is 5.97 Å². The number of methoxy groups -OCH3 is 1. The molecule has 0 N–H and O–H groups in total. The number of rotatable bonds is 1. The van der Waals surface area contributed by atoms with Crippen LogP contribution in [0.3, 0.4) is 0 Å². The Labute approximate surface area is 110 Å². The number of aromatic nitrogens is 1. The number of pyridine rings is 1. The van der Waals surface area contributed by atoms with Crippen LogP contribution in [0, 0.1) is 5.82 Å². The Morgan fingerprint density at radius 2 is 2.24 bits per heavy atom. The summed E-state index contributed by atoms with van der Waals surface area (Å²) in [6.07, 6.45) is 1.30. The molecule has 0 radical (unpaired) electrons. The highest BCUT2D eigenvalue weighted by Crippen LogP contribution is 2.32. The highest BCUT2D eigenvalue weighted by Gasteiger charge is 2.17. The number of carbonyl (C=O) groups is 1. The first-order chi connectivity index (χ1) is 8.06. The van der Waals surface area contributed by atoms with Gasteiger partial charge in [-0.25, -0.2) is 9.18 Å². The van der Waals surface area contributed by atoms with E-state index in [4.69, 9.17) is 11.6 Å². The maximum atomic E-state index is 13.7. The molecule has 0 unspecified atom stereocenters. The number of hydrogen-bond acceptors (Lipinski definition) is 3. The fourth-order valence-corrected chi connectivity index (χ4v) is 2.30. The number of carbonyl (C=O) groups excluding carboxylic acids is 1. The van der Waals surface area contributed by atoms with Gasteiger partial charge in [-0.3, -0.25) is 4.98 Å². The van der Waals surface area contributed by atoms with Gasteiger partial charge in [-0.2, -0.15) is 0 Å². The summed E-state index contributed by atoms with van der Waals surface area (Å²) in [7, 11) is 1.24. The first kappa shape index (κ1) is 12.3. The van der Waals surface area contributed by atoms with Crippen LogP contribution >= 0.6 is 27.5 Å². The van der Waals surface area contributed by atoms with Crippen molar-refractivity contribution in [2.45, 2.75) is 0 Å². The van der Waals surface area contributed by atoms with Gasteiger partial charge in [-0.05, 0) is 28.1 Å². The largest absolute Gasteiger partial charge is 0.465 e. The molecule has 88 valence electrons. The zero-order valence-corrected chi connectivity index (χ0v) is 11.0. The van der Waals surface area contributed by atoms with Crippen molar-refractivity contribution in [2.24, 2.45) is 0 Å². The highest BCUT2D eigenvalue weighted by atomic mass is 79.9. The summed E-state index contributed by atoms with van der Waals surface area (Å²) in [5, 5.41) is 0.485. The lowest BCUT2D eigenvalue weighted by Crippen LogP contribution is -2.04. The summed E-state index contributed by atoms with van der Waals surface area (Å²) in [6.45, 7) is 0. The Balaban J connectivity index is 2.84. The maximum absolute atomic E-state index is 13.7. The molecule has 1 aromatic carbocycles. The average molecular weight is 319 g/mol. The van der Waals surface area contributed by atoms with Crippen molar-refractivity contribution in [2.75, 3.05) is 7.11 Å². The molecule has 0 aliphatic rings. The van der Waals surface area contributed by atoms with Crippen LogP contribution in [0.15, 0.2) is 22.8 Å². The average Bonchev–Trinajstić information content (AvgIpc) is 2.33. The minimum Gasteiger partial charge on any atom is -0.465 e. The van der Waals surface area contributed by atoms with Gasteiger partial charge in [0.15, 0.2) is 0 Å². The number of benzene rings is 1. The van der Waals surface area contributed by atoms with Crippen LogP contribution < -0.4 is 0 Å². The van der Waals surface area contributed by atoms with Crippen LogP contribution in [-0.2, 0) is 4.74 Å². The third kappa shape index (κ3) is 2.00. The molecule has 2 rings (SSSR count). The Morgan fingerprint density at radius 3 is 2.88 bits per heavy atom. The lowest BCUT2D eigenvalue weighted by Gasteiger charge is -2.07. The lowest BCUT2D eigenvalue weighted by molar-refractivity contribution is 0.0599. The Kier molecular flexibility index (Phi) is 3.31. The van der Waals surface area contributed by atoms with Crippen LogP contribution in [0.25, 0.3) is 10.9 Å². The molecule has 0 saturated heterocycles. The van der Waals surface area contributed by atoms with E-state index in [1.54, 1.807) is 0 Å². The van der Waals surface area contributed by atoms with Crippen LogP contribution in [0.4, 0.5) is 4.39 Å². The third-order valence-electron chi connectivity index (χ3n) is 2.26. The Bertz CT molecular complexity index is 618. The van der Waals surface area contributed by atoms with Crippen molar-refractivity contribution < 1.29 is 13.9 Å². The summed E-state index contributed by atoms with van der Waals surface area (Å²) >= 11 is 9.07. The number of hydrogen-bond donors (Lipinski definition) is 0. The SMILES string of the molecule is COC(=O)c1cnc2c(Cl)ccc(F)c2c1Br. The topological polar surface area (TPSA) is 39.2 Å². The number of ether oxygens (including phenoxy) is 1. The second-order valence-corrected chi connectivity index (χ2v) is 4.43. The molecule has 0 spiro atoms. The van der Waals surface area contributed by atoms with Crippen molar-refractivity contribution in [1.29, 1.82) is 0 Å². The first-order valence-corrected chi connectivity index (χ1v) is 5.74. The van der Waals surface area contributed by atoms with Crippen LogP contribution in [-0.4, -0.2) is 18.1 Å². The van der Waals surface area contributed by atoms with E-state index in [-0.39, 0.29) is 15.4 Å². The predicted octanol–water partition coefficient (Wildman–Crippen LogP) is 3.58. The van der Waals surface area contributed by atoms with Crippen molar-refractivity contribution in [1.82, 2.24) is 4.98 Å². The molecule has 0 saturated carbocycles. The summed E-state index contributed by atoms with van der Waals surface area (Å²) in [5.41, 5.74) is 0.451. The molecular weight excluding hydrogens is 312 g/mol. The van der Waals surface area contributed by atoms with Gasteiger partial charge in [0.25, 0.3) is 0 Å². The fourth-order valence-electron chi connectivity index (χ4n) is 1.45. The molecule has 1 heterocycles. The lowest BCUT2D eigenvalue weighted by atomic mass is 10.1.